The fourth-order valence-electron chi connectivity index (χ4n) is 2.91. The zero-order valence-electron chi connectivity index (χ0n) is 15.3. The number of nitrogens with zero attached hydrogens (tertiary/aromatic N) is 3. The first-order valence-corrected chi connectivity index (χ1v) is 10.2. The minimum absolute atomic E-state index is 0.00714. The molecular weight excluding hydrogens is 356 g/mol. The molecule has 1 heterocycles. The standard InChI is InChI=1S/C21H22N4OS/c1-15-7-5-6-8-17(15)13-22-19(26)14-27-21-23-20(16-11-12-16)25(24-21)18-9-3-2-4-10-18/h2-10,16H,11-14H2,1H3,(H,22,26). The molecule has 0 aliphatic heterocycles. The number of amides is 1. The third-order valence-corrected chi connectivity index (χ3v) is 5.46. The quantitative estimate of drug-likeness (QED) is 0.634. The van der Waals surface area contributed by atoms with Crippen molar-refractivity contribution < 1.29 is 4.79 Å². The van der Waals surface area contributed by atoms with Gasteiger partial charge in [0.2, 0.25) is 11.1 Å². The number of thioether (sulfide) groups is 1. The highest BCUT2D eigenvalue weighted by Crippen LogP contribution is 2.40. The van der Waals surface area contributed by atoms with Gasteiger partial charge in [-0.15, -0.1) is 5.10 Å². The lowest BCUT2D eigenvalue weighted by Gasteiger charge is -2.07. The number of aromatic nitrogens is 3. The molecule has 0 atom stereocenters. The molecule has 0 bridgehead atoms. The van der Waals surface area contributed by atoms with Gasteiger partial charge in [0.05, 0.1) is 11.4 Å². The van der Waals surface area contributed by atoms with E-state index in [-0.39, 0.29) is 5.91 Å². The van der Waals surface area contributed by atoms with Crippen LogP contribution in [-0.2, 0) is 11.3 Å². The zero-order chi connectivity index (χ0) is 18.6. The Morgan fingerprint density at radius 3 is 2.63 bits per heavy atom. The Hall–Kier alpha value is -2.60. The lowest BCUT2D eigenvalue weighted by atomic mass is 10.1. The number of benzene rings is 2. The van der Waals surface area contributed by atoms with Crippen LogP contribution in [0.1, 0.15) is 35.7 Å². The van der Waals surface area contributed by atoms with Crippen molar-refractivity contribution in [3.05, 3.63) is 71.5 Å². The molecule has 0 unspecified atom stereocenters. The van der Waals surface area contributed by atoms with Crippen LogP contribution < -0.4 is 5.32 Å². The van der Waals surface area contributed by atoms with E-state index in [2.05, 4.69) is 28.4 Å². The van der Waals surface area contributed by atoms with Crippen LogP contribution >= 0.6 is 11.8 Å². The fraction of sp³-hybridized carbons (Fsp3) is 0.286. The fourth-order valence-corrected chi connectivity index (χ4v) is 3.57. The van der Waals surface area contributed by atoms with E-state index in [0.29, 0.717) is 23.4 Å². The minimum Gasteiger partial charge on any atom is -0.351 e. The molecule has 0 radical (unpaired) electrons. The molecule has 5 nitrogen and oxygen atoms in total. The van der Waals surface area contributed by atoms with Crippen LogP contribution in [0.15, 0.2) is 59.8 Å². The van der Waals surface area contributed by atoms with Crippen LogP contribution in [0.2, 0.25) is 0 Å². The van der Waals surface area contributed by atoms with E-state index in [4.69, 9.17) is 0 Å². The van der Waals surface area contributed by atoms with Crippen molar-refractivity contribution >= 4 is 17.7 Å². The first kappa shape index (κ1) is 17.8. The maximum Gasteiger partial charge on any atom is 0.230 e. The van der Waals surface area contributed by atoms with Gasteiger partial charge in [-0.3, -0.25) is 4.79 Å². The Kier molecular flexibility index (Phi) is 5.25. The maximum absolute atomic E-state index is 12.2. The Morgan fingerprint density at radius 2 is 1.89 bits per heavy atom. The van der Waals surface area contributed by atoms with E-state index >= 15 is 0 Å². The summed E-state index contributed by atoms with van der Waals surface area (Å²) in [5, 5.41) is 8.27. The van der Waals surface area contributed by atoms with Gasteiger partial charge in [0.1, 0.15) is 5.82 Å². The molecule has 3 aromatic rings. The molecule has 2 aromatic carbocycles. The Morgan fingerprint density at radius 1 is 1.15 bits per heavy atom. The molecule has 27 heavy (non-hydrogen) atoms. The smallest absolute Gasteiger partial charge is 0.230 e. The van der Waals surface area contributed by atoms with E-state index in [1.54, 1.807) is 0 Å². The Bertz CT molecular complexity index is 934. The van der Waals surface area contributed by atoms with Crippen LogP contribution in [0.3, 0.4) is 0 Å². The summed E-state index contributed by atoms with van der Waals surface area (Å²) < 4.78 is 1.92. The largest absolute Gasteiger partial charge is 0.351 e. The number of nitrogens with one attached hydrogen (secondary N) is 1. The summed E-state index contributed by atoms with van der Waals surface area (Å²) in [7, 11) is 0. The third kappa shape index (κ3) is 4.39. The number of carbonyl (C=O) groups excluding carboxylic acids is 1. The van der Waals surface area contributed by atoms with Crippen molar-refractivity contribution in [3.63, 3.8) is 0 Å². The molecule has 0 spiro atoms. The van der Waals surface area contributed by atoms with Crippen molar-refractivity contribution in [2.45, 2.75) is 37.4 Å². The summed E-state index contributed by atoms with van der Waals surface area (Å²) >= 11 is 1.39. The van der Waals surface area contributed by atoms with Gasteiger partial charge < -0.3 is 5.32 Å². The summed E-state index contributed by atoms with van der Waals surface area (Å²) in [6.45, 7) is 2.60. The molecule has 1 N–H and O–H groups in total. The zero-order valence-corrected chi connectivity index (χ0v) is 16.1. The summed E-state index contributed by atoms with van der Waals surface area (Å²) in [4.78, 5) is 16.9. The number of aryl methyl sites for hydroxylation is 1. The van der Waals surface area contributed by atoms with Crippen LogP contribution in [0, 0.1) is 6.92 Å². The molecule has 1 aromatic heterocycles. The number of rotatable bonds is 7. The molecule has 1 fully saturated rings. The van der Waals surface area contributed by atoms with Gasteiger partial charge >= 0.3 is 0 Å². The van der Waals surface area contributed by atoms with Crippen molar-refractivity contribution in [1.29, 1.82) is 0 Å². The Labute approximate surface area is 163 Å². The second-order valence-electron chi connectivity index (χ2n) is 6.77. The number of carbonyl (C=O) groups is 1. The topological polar surface area (TPSA) is 59.8 Å². The van der Waals surface area contributed by atoms with Gasteiger partial charge in [-0.25, -0.2) is 9.67 Å². The lowest BCUT2D eigenvalue weighted by molar-refractivity contribution is -0.118. The first-order valence-electron chi connectivity index (χ1n) is 9.17. The first-order chi connectivity index (χ1) is 13.2. The molecular formula is C21H22N4OS. The van der Waals surface area contributed by atoms with Crippen LogP contribution in [-0.4, -0.2) is 26.4 Å². The van der Waals surface area contributed by atoms with E-state index in [0.717, 1.165) is 29.9 Å². The molecule has 1 saturated carbocycles. The highest BCUT2D eigenvalue weighted by atomic mass is 32.2. The molecule has 6 heteroatoms. The van der Waals surface area contributed by atoms with Gasteiger partial charge in [0, 0.05) is 12.5 Å². The normalized spacial score (nSPS) is 13.5. The van der Waals surface area contributed by atoms with Crippen molar-refractivity contribution in [3.8, 4) is 5.69 Å². The summed E-state index contributed by atoms with van der Waals surface area (Å²) in [5.74, 6) is 1.80. The van der Waals surface area contributed by atoms with Gasteiger partial charge in [-0.2, -0.15) is 0 Å². The Balaban J connectivity index is 1.38. The molecule has 1 aliphatic rings. The maximum atomic E-state index is 12.2. The lowest BCUT2D eigenvalue weighted by Crippen LogP contribution is -2.24. The predicted octanol–water partition coefficient (Wildman–Crippen LogP) is 3.86. The van der Waals surface area contributed by atoms with Gasteiger partial charge in [-0.05, 0) is 43.0 Å². The van der Waals surface area contributed by atoms with Crippen molar-refractivity contribution in [1.82, 2.24) is 20.1 Å². The molecule has 4 rings (SSSR count). The summed E-state index contributed by atoms with van der Waals surface area (Å²) in [5.41, 5.74) is 3.34. The number of hydrogen-bond donors (Lipinski definition) is 1. The minimum atomic E-state index is -0.00714. The second-order valence-corrected chi connectivity index (χ2v) is 7.71. The van der Waals surface area contributed by atoms with E-state index in [1.807, 2.05) is 53.2 Å². The number of para-hydroxylation sites is 1. The van der Waals surface area contributed by atoms with Gasteiger partial charge in [-0.1, -0.05) is 54.2 Å². The average molecular weight is 379 g/mol. The monoisotopic (exact) mass is 378 g/mol. The highest BCUT2D eigenvalue weighted by molar-refractivity contribution is 7.99. The molecule has 138 valence electrons. The van der Waals surface area contributed by atoms with Gasteiger partial charge in [0.25, 0.3) is 0 Å². The van der Waals surface area contributed by atoms with E-state index in [1.165, 1.54) is 17.3 Å². The summed E-state index contributed by atoms with van der Waals surface area (Å²) in [6, 6.07) is 18.1. The average Bonchev–Trinajstić information content (AvgIpc) is 3.46. The number of hydrogen-bond acceptors (Lipinski definition) is 4. The third-order valence-electron chi connectivity index (χ3n) is 4.63. The van der Waals surface area contributed by atoms with Crippen LogP contribution in [0.25, 0.3) is 5.69 Å². The van der Waals surface area contributed by atoms with E-state index in [9.17, 15) is 4.79 Å². The van der Waals surface area contributed by atoms with Crippen molar-refractivity contribution in [2.24, 2.45) is 0 Å². The predicted molar refractivity (Wildman–Crippen MR) is 107 cm³/mol. The van der Waals surface area contributed by atoms with E-state index < -0.39 is 0 Å². The molecule has 1 amide bonds. The summed E-state index contributed by atoms with van der Waals surface area (Å²) in [6.07, 6.45) is 2.32. The highest BCUT2D eigenvalue weighted by Gasteiger charge is 2.30. The SMILES string of the molecule is Cc1ccccc1CNC(=O)CSc1nc(C2CC2)n(-c2ccccc2)n1. The molecule has 0 saturated heterocycles. The van der Waals surface area contributed by atoms with Crippen LogP contribution in [0.4, 0.5) is 0 Å². The van der Waals surface area contributed by atoms with Gasteiger partial charge in [0.15, 0.2) is 0 Å². The molecule has 1 aliphatic carbocycles. The van der Waals surface area contributed by atoms with Crippen molar-refractivity contribution in [2.75, 3.05) is 5.75 Å². The second kappa shape index (κ2) is 7.96. The van der Waals surface area contributed by atoms with Crippen LogP contribution in [0.5, 0.6) is 0 Å².